The third-order valence-corrected chi connectivity index (χ3v) is 4.13. The van der Waals surface area contributed by atoms with Crippen molar-refractivity contribution in [3.05, 3.63) is 24.2 Å². The summed E-state index contributed by atoms with van der Waals surface area (Å²) in [5.41, 5.74) is -3.36. The maximum absolute atomic E-state index is 13.7. The highest BCUT2D eigenvalue weighted by Gasteiger charge is 2.66. The number of halogens is 3. The minimum Gasteiger partial charge on any atom is -0.459 e. The first-order valence-corrected chi connectivity index (χ1v) is 7.67. The SMILES string of the molecule is CC1=NC(NC(=O)c2ccco2)(C(F)(F)F)C(=O)N1CC1CCCO1. The molecule has 0 saturated carbocycles. The summed E-state index contributed by atoms with van der Waals surface area (Å²) in [5, 5.41) is 1.69. The zero-order chi connectivity index (χ0) is 18.2. The first-order chi connectivity index (χ1) is 11.7. The molecule has 10 heteroatoms. The summed E-state index contributed by atoms with van der Waals surface area (Å²) in [4.78, 5) is 29.0. The van der Waals surface area contributed by atoms with Crippen molar-refractivity contribution in [2.75, 3.05) is 13.2 Å². The molecule has 1 aromatic rings. The maximum atomic E-state index is 13.7. The molecule has 1 saturated heterocycles. The molecule has 0 bridgehead atoms. The van der Waals surface area contributed by atoms with Crippen molar-refractivity contribution in [3.63, 3.8) is 0 Å². The smallest absolute Gasteiger partial charge is 0.442 e. The summed E-state index contributed by atoms with van der Waals surface area (Å²) in [5.74, 6) is -3.00. The van der Waals surface area contributed by atoms with E-state index in [1.54, 1.807) is 5.32 Å². The largest absolute Gasteiger partial charge is 0.459 e. The zero-order valence-electron chi connectivity index (χ0n) is 13.3. The van der Waals surface area contributed by atoms with Crippen molar-refractivity contribution < 1.29 is 31.9 Å². The first-order valence-electron chi connectivity index (χ1n) is 7.67. The molecular weight excluding hydrogens is 343 g/mol. The fraction of sp³-hybridized carbons (Fsp3) is 0.533. The molecule has 2 unspecified atom stereocenters. The Hall–Kier alpha value is -2.36. The molecule has 136 valence electrons. The lowest BCUT2D eigenvalue weighted by molar-refractivity contribution is -0.196. The average Bonchev–Trinajstić information content (AvgIpc) is 3.25. The third-order valence-electron chi connectivity index (χ3n) is 4.13. The van der Waals surface area contributed by atoms with E-state index in [0.717, 1.165) is 17.6 Å². The quantitative estimate of drug-likeness (QED) is 0.887. The number of hydrogen-bond acceptors (Lipinski definition) is 5. The van der Waals surface area contributed by atoms with Crippen LogP contribution in [0.2, 0.25) is 0 Å². The van der Waals surface area contributed by atoms with Crippen LogP contribution in [-0.2, 0) is 9.53 Å². The summed E-state index contributed by atoms with van der Waals surface area (Å²) in [6.45, 7) is 1.75. The first kappa shape index (κ1) is 17.5. The highest BCUT2D eigenvalue weighted by atomic mass is 19.4. The number of aliphatic imine (C=N–C) groups is 1. The van der Waals surface area contributed by atoms with Gasteiger partial charge in [0.1, 0.15) is 5.84 Å². The number of rotatable bonds is 4. The van der Waals surface area contributed by atoms with Gasteiger partial charge in [-0.2, -0.15) is 13.2 Å². The fourth-order valence-electron chi connectivity index (χ4n) is 2.87. The van der Waals surface area contributed by atoms with Gasteiger partial charge < -0.3 is 14.5 Å². The Labute approximate surface area is 140 Å². The van der Waals surface area contributed by atoms with Gasteiger partial charge in [-0.15, -0.1) is 0 Å². The summed E-state index contributed by atoms with van der Waals surface area (Å²) < 4.78 is 51.3. The van der Waals surface area contributed by atoms with E-state index in [1.165, 1.54) is 19.1 Å². The van der Waals surface area contributed by atoms with E-state index in [2.05, 4.69) is 4.99 Å². The molecule has 2 atom stereocenters. The third kappa shape index (κ3) is 3.01. The predicted molar refractivity (Wildman–Crippen MR) is 78.8 cm³/mol. The number of carbonyl (C=O) groups excluding carboxylic acids is 2. The van der Waals surface area contributed by atoms with E-state index >= 15 is 0 Å². The summed E-state index contributed by atoms with van der Waals surface area (Å²) in [7, 11) is 0. The average molecular weight is 359 g/mol. The molecule has 0 aliphatic carbocycles. The molecule has 1 N–H and O–H groups in total. The second-order valence-corrected chi connectivity index (χ2v) is 5.85. The van der Waals surface area contributed by atoms with Gasteiger partial charge >= 0.3 is 11.8 Å². The molecule has 0 aromatic carbocycles. The Balaban J connectivity index is 1.88. The van der Waals surface area contributed by atoms with Gasteiger partial charge in [0.05, 0.1) is 18.9 Å². The highest BCUT2D eigenvalue weighted by Crippen LogP contribution is 2.38. The van der Waals surface area contributed by atoms with Crippen LogP contribution in [0.25, 0.3) is 0 Å². The standard InChI is InChI=1S/C15H16F3N3O4/c1-9-19-14(15(16,17)18,20-12(22)11-5-3-7-25-11)13(23)21(9)8-10-4-2-6-24-10/h3,5,7,10H,2,4,6,8H2,1H3,(H,20,22). The van der Waals surface area contributed by atoms with Gasteiger partial charge in [-0.1, -0.05) is 0 Å². The van der Waals surface area contributed by atoms with Crippen LogP contribution in [-0.4, -0.2) is 53.6 Å². The molecule has 7 nitrogen and oxygen atoms in total. The number of carbonyl (C=O) groups is 2. The number of alkyl halides is 3. The van der Waals surface area contributed by atoms with E-state index in [1.807, 2.05) is 0 Å². The van der Waals surface area contributed by atoms with Crippen molar-refractivity contribution in [2.24, 2.45) is 4.99 Å². The van der Waals surface area contributed by atoms with Crippen molar-refractivity contribution >= 4 is 17.6 Å². The number of furan rings is 1. The molecule has 1 aromatic heterocycles. The van der Waals surface area contributed by atoms with Crippen LogP contribution in [0.15, 0.2) is 27.8 Å². The lowest BCUT2D eigenvalue weighted by Crippen LogP contribution is -2.63. The van der Waals surface area contributed by atoms with Gasteiger partial charge in [-0.25, -0.2) is 4.99 Å². The lowest BCUT2D eigenvalue weighted by Gasteiger charge is -2.29. The van der Waals surface area contributed by atoms with Crippen molar-refractivity contribution in [1.29, 1.82) is 0 Å². The van der Waals surface area contributed by atoms with Crippen LogP contribution in [0.5, 0.6) is 0 Å². The number of ether oxygens (including phenoxy) is 1. The molecule has 0 spiro atoms. The Morgan fingerprint density at radius 3 is 2.84 bits per heavy atom. The van der Waals surface area contributed by atoms with Gasteiger partial charge in [0.2, 0.25) is 0 Å². The molecular formula is C15H16F3N3O4. The molecule has 3 heterocycles. The van der Waals surface area contributed by atoms with Gasteiger partial charge in [0.15, 0.2) is 5.76 Å². The topological polar surface area (TPSA) is 84.1 Å². The van der Waals surface area contributed by atoms with E-state index in [4.69, 9.17) is 9.15 Å². The van der Waals surface area contributed by atoms with Crippen LogP contribution in [0.4, 0.5) is 13.2 Å². The molecule has 3 rings (SSSR count). The molecule has 2 aliphatic heterocycles. The van der Waals surface area contributed by atoms with Crippen LogP contribution in [0.1, 0.15) is 30.3 Å². The summed E-state index contributed by atoms with van der Waals surface area (Å²) in [6.07, 6.45) is -2.89. The molecule has 2 amide bonds. The number of amides is 2. The van der Waals surface area contributed by atoms with E-state index in [0.29, 0.717) is 13.0 Å². The normalized spacial score (nSPS) is 26.9. The molecule has 2 aliphatic rings. The molecule has 25 heavy (non-hydrogen) atoms. The lowest BCUT2D eigenvalue weighted by atomic mass is 10.1. The van der Waals surface area contributed by atoms with Gasteiger partial charge in [-0.3, -0.25) is 14.5 Å². The second-order valence-electron chi connectivity index (χ2n) is 5.85. The van der Waals surface area contributed by atoms with E-state index in [-0.39, 0.29) is 24.2 Å². The van der Waals surface area contributed by atoms with Crippen LogP contribution in [0, 0.1) is 0 Å². The minimum atomic E-state index is -5.11. The fourth-order valence-corrected chi connectivity index (χ4v) is 2.87. The van der Waals surface area contributed by atoms with Crippen LogP contribution in [0.3, 0.4) is 0 Å². The Morgan fingerprint density at radius 2 is 2.28 bits per heavy atom. The van der Waals surface area contributed by atoms with Crippen LogP contribution < -0.4 is 5.32 Å². The summed E-state index contributed by atoms with van der Waals surface area (Å²) in [6, 6.07) is 2.55. The Kier molecular flexibility index (Phi) is 4.31. The van der Waals surface area contributed by atoms with Crippen molar-refractivity contribution in [1.82, 2.24) is 10.2 Å². The number of amidine groups is 1. The highest BCUT2D eigenvalue weighted by molar-refractivity contribution is 6.10. The summed E-state index contributed by atoms with van der Waals surface area (Å²) >= 11 is 0. The van der Waals surface area contributed by atoms with Crippen molar-refractivity contribution in [2.45, 2.75) is 37.7 Å². The molecule has 1 fully saturated rings. The zero-order valence-corrected chi connectivity index (χ0v) is 13.3. The Bertz CT molecular complexity index is 695. The van der Waals surface area contributed by atoms with E-state index < -0.39 is 23.7 Å². The predicted octanol–water partition coefficient (Wildman–Crippen LogP) is 1.71. The van der Waals surface area contributed by atoms with Crippen molar-refractivity contribution in [3.8, 4) is 0 Å². The maximum Gasteiger partial charge on any atom is 0.442 e. The number of nitrogens with zero attached hydrogens (tertiary/aromatic N) is 2. The second kappa shape index (κ2) is 6.17. The molecule has 0 radical (unpaired) electrons. The minimum absolute atomic E-state index is 0.0391. The Morgan fingerprint density at radius 1 is 1.52 bits per heavy atom. The number of nitrogens with one attached hydrogen (secondary N) is 1. The van der Waals surface area contributed by atoms with Gasteiger partial charge in [0, 0.05) is 6.61 Å². The van der Waals surface area contributed by atoms with Gasteiger partial charge in [-0.05, 0) is 31.9 Å². The van der Waals surface area contributed by atoms with E-state index in [9.17, 15) is 22.8 Å². The van der Waals surface area contributed by atoms with Crippen LogP contribution >= 0.6 is 0 Å². The monoisotopic (exact) mass is 359 g/mol. The van der Waals surface area contributed by atoms with Gasteiger partial charge in [0.25, 0.3) is 11.8 Å². The number of hydrogen-bond donors (Lipinski definition) is 1.